The number of anilines is 1. The molecule has 0 spiro atoms. The zero-order valence-corrected chi connectivity index (χ0v) is 20.1. The Morgan fingerprint density at radius 1 is 1.20 bits per heavy atom. The zero-order chi connectivity index (χ0) is 20.2. The Morgan fingerprint density at radius 3 is 2.67 bits per heavy atom. The number of nitrogens with zero attached hydrogens (tertiary/aromatic N) is 3. The fourth-order valence-electron chi connectivity index (χ4n) is 3.44. The van der Waals surface area contributed by atoms with Crippen LogP contribution >= 0.6 is 39.7 Å². The summed E-state index contributed by atoms with van der Waals surface area (Å²) in [6.45, 7) is 7.17. The average molecular weight is 511 g/mol. The van der Waals surface area contributed by atoms with Gasteiger partial charge < -0.3 is 4.74 Å². The van der Waals surface area contributed by atoms with Gasteiger partial charge in [0.25, 0.3) is 5.91 Å². The molecule has 0 saturated carbocycles. The SMILES string of the molecule is Cc1ccc2nc(N(CCCN3CCOCC3)C(=O)c3ccc(Br)cc3)sc2c1.Cl. The van der Waals surface area contributed by atoms with E-state index in [9.17, 15) is 4.79 Å². The highest BCUT2D eigenvalue weighted by Crippen LogP contribution is 2.30. The van der Waals surface area contributed by atoms with E-state index in [1.54, 1.807) is 11.3 Å². The van der Waals surface area contributed by atoms with Gasteiger partial charge in [0, 0.05) is 36.2 Å². The molecule has 1 amide bonds. The highest BCUT2D eigenvalue weighted by atomic mass is 79.9. The summed E-state index contributed by atoms with van der Waals surface area (Å²) in [5.41, 5.74) is 2.82. The van der Waals surface area contributed by atoms with E-state index < -0.39 is 0 Å². The Balaban J connectivity index is 0.00000256. The number of aromatic nitrogens is 1. The smallest absolute Gasteiger partial charge is 0.260 e. The van der Waals surface area contributed by atoms with E-state index in [1.807, 2.05) is 35.2 Å². The molecule has 8 heteroatoms. The van der Waals surface area contributed by atoms with Crippen LogP contribution < -0.4 is 4.90 Å². The van der Waals surface area contributed by atoms with E-state index >= 15 is 0 Å². The number of fused-ring (bicyclic) bond motifs is 1. The molecule has 1 aliphatic rings. The summed E-state index contributed by atoms with van der Waals surface area (Å²) < 4.78 is 7.50. The normalized spacial score (nSPS) is 14.5. The summed E-state index contributed by atoms with van der Waals surface area (Å²) in [4.78, 5) is 22.3. The molecular weight excluding hydrogens is 486 g/mol. The van der Waals surface area contributed by atoms with Crippen LogP contribution in [0, 0.1) is 6.92 Å². The second-order valence-electron chi connectivity index (χ2n) is 7.24. The lowest BCUT2D eigenvalue weighted by atomic mass is 10.2. The summed E-state index contributed by atoms with van der Waals surface area (Å²) in [6.07, 6.45) is 0.900. The second-order valence-corrected chi connectivity index (χ2v) is 9.16. The number of halogens is 2. The van der Waals surface area contributed by atoms with E-state index in [1.165, 1.54) is 5.56 Å². The van der Waals surface area contributed by atoms with Crippen molar-refractivity contribution in [2.45, 2.75) is 13.3 Å². The maximum Gasteiger partial charge on any atom is 0.260 e. The fourth-order valence-corrected chi connectivity index (χ4v) is 4.80. The summed E-state index contributed by atoms with van der Waals surface area (Å²) in [5, 5.41) is 0.764. The van der Waals surface area contributed by atoms with Gasteiger partial charge in [-0.15, -0.1) is 12.4 Å². The average Bonchev–Trinajstić information content (AvgIpc) is 3.15. The molecule has 0 bridgehead atoms. The number of thiazole rings is 1. The van der Waals surface area contributed by atoms with E-state index in [-0.39, 0.29) is 18.3 Å². The van der Waals surface area contributed by atoms with Gasteiger partial charge in [0.15, 0.2) is 5.13 Å². The molecule has 1 aromatic heterocycles. The van der Waals surface area contributed by atoms with Crippen molar-refractivity contribution in [1.82, 2.24) is 9.88 Å². The number of hydrogen-bond donors (Lipinski definition) is 0. The second kappa shape index (κ2) is 10.7. The molecular formula is C22H25BrClN3O2S. The maximum absolute atomic E-state index is 13.3. The number of hydrogen-bond acceptors (Lipinski definition) is 5. The van der Waals surface area contributed by atoms with E-state index in [0.29, 0.717) is 12.1 Å². The molecule has 1 aliphatic heterocycles. The first-order valence-corrected chi connectivity index (χ1v) is 11.5. The van der Waals surface area contributed by atoms with Crippen LogP contribution in [0.15, 0.2) is 46.9 Å². The third kappa shape index (κ3) is 5.59. The first kappa shape index (κ1) is 23.2. The highest BCUT2D eigenvalue weighted by molar-refractivity contribution is 9.10. The molecule has 0 radical (unpaired) electrons. The minimum absolute atomic E-state index is 0. The summed E-state index contributed by atoms with van der Waals surface area (Å²) in [7, 11) is 0. The number of morpholine rings is 1. The Hall–Kier alpha value is -1.51. The fraction of sp³-hybridized carbons (Fsp3) is 0.364. The van der Waals surface area contributed by atoms with Crippen LogP contribution in [0.2, 0.25) is 0 Å². The van der Waals surface area contributed by atoms with Crippen LogP contribution in [0.1, 0.15) is 22.3 Å². The van der Waals surface area contributed by atoms with Crippen molar-refractivity contribution in [2.75, 3.05) is 44.3 Å². The van der Waals surface area contributed by atoms with Gasteiger partial charge in [0.2, 0.25) is 0 Å². The van der Waals surface area contributed by atoms with E-state index in [2.05, 4.69) is 39.9 Å². The van der Waals surface area contributed by atoms with Crippen LogP contribution in [-0.4, -0.2) is 55.2 Å². The minimum Gasteiger partial charge on any atom is -0.379 e. The van der Waals surface area contributed by atoms with Crippen LogP contribution in [-0.2, 0) is 4.74 Å². The minimum atomic E-state index is -0.00439. The number of benzene rings is 2. The highest BCUT2D eigenvalue weighted by Gasteiger charge is 2.22. The summed E-state index contributed by atoms with van der Waals surface area (Å²) in [5.74, 6) is -0.00439. The lowest BCUT2D eigenvalue weighted by Gasteiger charge is -2.27. The largest absolute Gasteiger partial charge is 0.379 e. The number of aryl methyl sites for hydroxylation is 1. The molecule has 2 aromatic carbocycles. The number of ether oxygens (including phenoxy) is 1. The molecule has 4 rings (SSSR count). The first-order chi connectivity index (χ1) is 14.1. The Kier molecular flexibility index (Phi) is 8.25. The van der Waals surface area contributed by atoms with Gasteiger partial charge in [-0.1, -0.05) is 33.3 Å². The van der Waals surface area contributed by atoms with Gasteiger partial charge in [-0.3, -0.25) is 14.6 Å². The van der Waals surface area contributed by atoms with Crippen LogP contribution in [0.3, 0.4) is 0 Å². The monoisotopic (exact) mass is 509 g/mol. The Bertz CT molecular complexity index is 990. The van der Waals surface area contributed by atoms with Crippen molar-refractivity contribution >= 4 is 60.9 Å². The molecule has 160 valence electrons. The van der Waals surface area contributed by atoms with Gasteiger partial charge >= 0.3 is 0 Å². The van der Waals surface area contributed by atoms with Crippen LogP contribution in [0.4, 0.5) is 5.13 Å². The number of amides is 1. The van der Waals surface area contributed by atoms with Crippen molar-refractivity contribution < 1.29 is 9.53 Å². The predicted molar refractivity (Wildman–Crippen MR) is 129 cm³/mol. The first-order valence-electron chi connectivity index (χ1n) is 9.85. The lowest BCUT2D eigenvalue weighted by molar-refractivity contribution is 0.0376. The number of rotatable bonds is 6. The van der Waals surface area contributed by atoms with Crippen molar-refractivity contribution in [2.24, 2.45) is 0 Å². The lowest BCUT2D eigenvalue weighted by Crippen LogP contribution is -2.39. The standard InChI is InChI=1S/C22H24BrN3O2S.ClH/c1-16-3-8-19-20(15-16)29-22(24-19)26(10-2-9-25-11-13-28-14-12-25)21(27)17-4-6-18(23)7-5-17;/h3-8,15H,2,9-14H2,1H3;1H. The van der Waals surface area contributed by atoms with Gasteiger partial charge in [0.1, 0.15) is 0 Å². The third-order valence-electron chi connectivity index (χ3n) is 5.06. The van der Waals surface area contributed by atoms with E-state index in [4.69, 9.17) is 9.72 Å². The molecule has 0 N–H and O–H groups in total. The maximum atomic E-state index is 13.3. The Labute approximate surface area is 195 Å². The van der Waals surface area contributed by atoms with E-state index in [0.717, 1.165) is 59.1 Å². The van der Waals surface area contributed by atoms with Gasteiger partial charge in [-0.05, 0) is 55.3 Å². The predicted octanol–water partition coefficient (Wildman–Crippen LogP) is 5.16. The molecule has 5 nitrogen and oxygen atoms in total. The van der Waals surface area contributed by atoms with Crippen molar-refractivity contribution in [1.29, 1.82) is 0 Å². The van der Waals surface area contributed by atoms with Crippen LogP contribution in [0.25, 0.3) is 10.2 Å². The number of carbonyl (C=O) groups is 1. The van der Waals surface area contributed by atoms with Crippen molar-refractivity contribution in [3.8, 4) is 0 Å². The number of carbonyl (C=O) groups excluding carboxylic acids is 1. The molecule has 3 aromatic rings. The Morgan fingerprint density at radius 2 is 1.93 bits per heavy atom. The zero-order valence-electron chi connectivity index (χ0n) is 16.8. The summed E-state index contributed by atoms with van der Waals surface area (Å²) in [6, 6.07) is 13.7. The van der Waals surface area contributed by atoms with Gasteiger partial charge in [-0.2, -0.15) is 0 Å². The molecule has 0 aliphatic carbocycles. The summed E-state index contributed by atoms with van der Waals surface area (Å²) >= 11 is 5.02. The topological polar surface area (TPSA) is 45.7 Å². The van der Waals surface area contributed by atoms with Crippen molar-refractivity contribution in [3.63, 3.8) is 0 Å². The van der Waals surface area contributed by atoms with Crippen molar-refractivity contribution in [3.05, 3.63) is 58.1 Å². The molecule has 0 atom stereocenters. The third-order valence-corrected chi connectivity index (χ3v) is 6.63. The molecule has 2 heterocycles. The molecule has 0 unspecified atom stereocenters. The molecule has 1 fully saturated rings. The van der Waals surface area contributed by atoms with Gasteiger partial charge in [0.05, 0.1) is 23.4 Å². The van der Waals surface area contributed by atoms with Crippen LogP contribution in [0.5, 0.6) is 0 Å². The molecule has 30 heavy (non-hydrogen) atoms. The van der Waals surface area contributed by atoms with Gasteiger partial charge in [-0.25, -0.2) is 4.98 Å². The molecule has 1 saturated heterocycles. The quantitative estimate of drug-likeness (QED) is 0.460.